The number of anilines is 1. The maximum absolute atomic E-state index is 11.1. The van der Waals surface area contributed by atoms with Crippen LogP contribution >= 0.6 is 0 Å². The fraction of sp³-hybridized carbons (Fsp3) is 0.333. The molecule has 1 spiro atoms. The summed E-state index contributed by atoms with van der Waals surface area (Å²) in [7, 11) is 0. The predicted octanol–water partition coefficient (Wildman–Crippen LogP) is -0.780. The van der Waals surface area contributed by atoms with Crippen molar-refractivity contribution in [3.63, 3.8) is 0 Å². The molecule has 1 saturated heterocycles. The van der Waals surface area contributed by atoms with Crippen LogP contribution in [-0.4, -0.2) is 28.8 Å². The molecule has 1 aromatic rings. The van der Waals surface area contributed by atoms with Crippen LogP contribution in [0.4, 0.5) is 5.82 Å². The Balaban J connectivity index is 2.13. The van der Waals surface area contributed by atoms with E-state index in [9.17, 15) is 4.79 Å². The van der Waals surface area contributed by atoms with Crippen LogP contribution in [0.5, 0.6) is 0 Å². The number of aromatic nitrogens is 2. The zero-order valence-electron chi connectivity index (χ0n) is 8.03. The molecular formula is C9H11N5O. The van der Waals surface area contributed by atoms with E-state index in [4.69, 9.17) is 5.73 Å². The van der Waals surface area contributed by atoms with Crippen molar-refractivity contribution < 1.29 is 4.79 Å². The van der Waals surface area contributed by atoms with E-state index in [1.54, 1.807) is 0 Å². The highest BCUT2D eigenvalue weighted by molar-refractivity contribution is 5.97. The highest BCUT2D eigenvalue weighted by Gasteiger charge is 2.41. The molecule has 0 radical (unpaired) electrons. The number of nitrogens with one attached hydrogen (secondary N) is 2. The van der Waals surface area contributed by atoms with Crippen LogP contribution in [0.25, 0.3) is 0 Å². The van der Waals surface area contributed by atoms with Crippen LogP contribution in [0.15, 0.2) is 18.5 Å². The van der Waals surface area contributed by atoms with E-state index in [1.165, 1.54) is 6.20 Å². The molecule has 3 heterocycles. The van der Waals surface area contributed by atoms with Crippen LogP contribution < -0.4 is 16.4 Å². The Kier molecular flexibility index (Phi) is 1.47. The number of primary amides is 1. The van der Waals surface area contributed by atoms with Crippen molar-refractivity contribution in [2.24, 2.45) is 5.73 Å². The van der Waals surface area contributed by atoms with Gasteiger partial charge in [0.05, 0.1) is 6.20 Å². The summed E-state index contributed by atoms with van der Waals surface area (Å²) in [5.41, 5.74) is 5.58. The highest BCUT2D eigenvalue weighted by Crippen LogP contribution is 2.31. The average Bonchev–Trinajstić information content (AvgIpc) is 2.58. The lowest BCUT2D eigenvalue weighted by atomic mass is 9.91. The van der Waals surface area contributed by atoms with Gasteiger partial charge in [-0.3, -0.25) is 4.79 Å². The molecule has 1 amide bonds. The lowest BCUT2D eigenvalue weighted by Crippen LogP contribution is -2.60. The molecule has 4 N–H and O–H groups in total. The Morgan fingerprint density at radius 1 is 1.60 bits per heavy atom. The van der Waals surface area contributed by atoms with Gasteiger partial charge in [-0.1, -0.05) is 0 Å². The summed E-state index contributed by atoms with van der Waals surface area (Å²) in [5.74, 6) is 0.230. The summed E-state index contributed by atoms with van der Waals surface area (Å²) in [6.45, 7) is 1.66. The second kappa shape index (κ2) is 2.60. The fourth-order valence-electron chi connectivity index (χ4n) is 2.00. The van der Waals surface area contributed by atoms with Crippen LogP contribution in [0.3, 0.4) is 0 Å². The lowest BCUT2D eigenvalue weighted by Gasteiger charge is -2.42. The van der Waals surface area contributed by atoms with Gasteiger partial charge in [-0.2, -0.15) is 5.10 Å². The number of hydrogen-bond donors (Lipinski definition) is 3. The second-order valence-electron chi connectivity index (χ2n) is 3.87. The molecule has 1 fully saturated rings. The zero-order valence-corrected chi connectivity index (χ0v) is 8.03. The van der Waals surface area contributed by atoms with Crippen molar-refractivity contribution in [2.45, 2.75) is 5.54 Å². The minimum atomic E-state index is -0.457. The van der Waals surface area contributed by atoms with E-state index in [0.29, 0.717) is 11.4 Å². The standard InChI is InChI=1S/C9H11N5O/c10-7(15)6-3-13-14-8(6)12-2-1-9(14)4-11-5-9/h1-3,11-12H,4-5H2,(H2,10,15). The van der Waals surface area contributed by atoms with E-state index in [2.05, 4.69) is 15.7 Å². The van der Waals surface area contributed by atoms with Gasteiger partial charge in [0.1, 0.15) is 16.9 Å². The number of hydrogen-bond acceptors (Lipinski definition) is 4. The van der Waals surface area contributed by atoms with Gasteiger partial charge in [-0.15, -0.1) is 0 Å². The highest BCUT2D eigenvalue weighted by atomic mass is 16.1. The van der Waals surface area contributed by atoms with Gasteiger partial charge < -0.3 is 16.4 Å². The summed E-state index contributed by atoms with van der Waals surface area (Å²) in [6, 6.07) is 0. The number of nitrogens with zero attached hydrogens (tertiary/aromatic N) is 2. The number of nitrogens with two attached hydrogens (primary N) is 1. The predicted molar refractivity (Wildman–Crippen MR) is 54.4 cm³/mol. The Bertz CT molecular complexity index is 457. The van der Waals surface area contributed by atoms with Gasteiger partial charge in [-0.25, -0.2) is 4.68 Å². The van der Waals surface area contributed by atoms with E-state index in [0.717, 1.165) is 13.1 Å². The molecule has 2 aliphatic heterocycles. The Hall–Kier alpha value is -1.82. The summed E-state index contributed by atoms with van der Waals surface area (Å²) in [5, 5.41) is 10.4. The van der Waals surface area contributed by atoms with Gasteiger partial charge in [0.25, 0.3) is 5.91 Å². The molecule has 1 aromatic heterocycles. The maximum Gasteiger partial charge on any atom is 0.254 e. The molecule has 0 atom stereocenters. The SMILES string of the molecule is NC(=O)c1cnn2c1NC=CC21CNC1. The van der Waals surface area contributed by atoms with Crippen molar-refractivity contribution in [1.29, 1.82) is 0 Å². The third kappa shape index (κ3) is 0.964. The van der Waals surface area contributed by atoms with Crippen LogP contribution in [0, 0.1) is 0 Å². The smallest absolute Gasteiger partial charge is 0.254 e. The van der Waals surface area contributed by atoms with Crippen molar-refractivity contribution in [1.82, 2.24) is 15.1 Å². The van der Waals surface area contributed by atoms with Gasteiger partial charge in [0, 0.05) is 19.3 Å². The van der Waals surface area contributed by atoms with Crippen molar-refractivity contribution in [3.05, 3.63) is 24.0 Å². The Labute approximate surface area is 86.1 Å². The third-order valence-electron chi connectivity index (χ3n) is 2.93. The summed E-state index contributed by atoms with van der Waals surface area (Å²) >= 11 is 0. The second-order valence-corrected chi connectivity index (χ2v) is 3.87. The maximum atomic E-state index is 11.1. The monoisotopic (exact) mass is 205 g/mol. The molecule has 2 aliphatic rings. The van der Waals surface area contributed by atoms with E-state index in [1.807, 2.05) is 17.0 Å². The first kappa shape index (κ1) is 8.49. The van der Waals surface area contributed by atoms with Gasteiger partial charge in [0.2, 0.25) is 0 Å². The molecule has 78 valence electrons. The number of carbonyl (C=O) groups excluding carboxylic acids is 1. The minimum Gasteiger partial charge on any atom is -0.365 e. The van der Waals surface area contributed by atoms with Crippen molar-refractivity contribution in [3.8, 4) is 0 Å². The summed E-state index contributed by atoms with van der Waals surface area (Å²) in [6.07, 6.45) is 5.40. The first-order valence-corrected chi connectivity index (χ1v) is 4.76. The molecule has 0 aliphatic carbocycles. The number of fused-ring (bicyclic) bond motifs is 2. The molecule has 0 aromatic carbocycles. The molecular weight excluding hydrogens is 194 g/mol. The Morgan fingerprint density at radius 2 is 2.40 bits per heavy atom. The Morgan fingerprint density at radius 3 is 3.00 bits per heavy atom. The normalized spacial score (nSPS) is 20.5. The third-order valence-corrected chi connectivity index (χ3v) is 2.93. The van der Waals surface area contributed by atoms with Crippen LogP contribution in [0.1, 0.15) is 10.4 Å². The minimum absolute atomic E-state index is 0.117. The van der Waals surface area contributed by atoms with Gasteiger partial charge in [0.15, 0.2) is 0 Å². The zero-order chi connectivity index (χ0) is 10.5. The van der Waals surface area contributed by atoms with E-state index < -0.39 is 5.91 Å². The fourth-order valence-corrected chi connectivity index (χ4v) is 2.00. The number of amides is 1. The summed E-state index contributed by atoms with van der Waals surface area (Å²) in [4.78, 5) is 11.1. The van der Waals surface area contributed by atoms with E-state index in [-0.39, 0.29) is 5.54 Å². The first-order chi connectivity index (χ1) is 7.23. The number of rotatable bonds is 1. The average molecular weight is 205 g/mol. The van der Waals surface area contributed by atoms with Crippen molar-refractivity contribution in [2.75, 3.05) is 18.4 Å². The topological polar surface area (TPSA) is 85.0 Å². The first-order valence-electron chi connectivity index (χ1n) is 4.76. The number of carbonyl (C=O) groups is 1. The molecule has 0 saturated carbocycles. The van der Waals surface area contributed by atoms with Crippen molar-refractivity contribution >= 4 is 11.7 Å². The van der Waals surface area contributed by atoms with E-state index >= 15 is 0 Å². The lowest BCUT2D eigenvalue weighted by molar-refractivity contribution is 0.100. The molecule has 0 bridgehead atoms. The van der Waals surface area contributed by atoms with Gasteiger partial charge >= 0.3 is 0 Å². The quantitative estimate of drug-likeness (QED) is 0.561. The van der Waals surface area contributed by atoms with Crippen LogP contribution in [0.2, 0.25) is 0 Å². The largest absolute Gasteiger partial charge is 0.365 e. The molecule has 0 unspecified atom stereocenters. The summed E-state index contributed by atoms with van der Waals surface area (Å²) < 4.78 is 1.82. The molecule has 3 rings (SSSR count). The van der Waals surface area contributed by atoms with Crippen LogP contribution in [-0.2, 0) is 5.54 Å². The molecule has 6 heteroatoms. The molecule has 6 nitrogen and oxygen atoms in total. The van der Waals surface area contributed by atoms with Gasteiger partial charge in [-0.05, 0) is 6.08 Å². The molecule has 15 heavy (non-hydrogen) atoms.